The molecule has 1 aromatic rings. The number of carbonyl (C=O) groups excluding carboxylic acids is 2. The zero-order valence-corrected chi connectivity index (χ0v) is 12.3. The summed E-state index contributed by atoms with van der Waals surface area (Å²) in [5.41, 5.74) is 0.300. The maximum absolute atomic E-state index is 11.9. The number of hydrogen-bond acceptors (Lipinski definition) is 5. The molecule has 0 aliphatic carbocycles. The average molecular weight is 320 g/mol. The maximum atomic E-state index is 11.9. The molecule has 0 saturated carbocycles. The van der Waals surface area contributed by atoms with Crippen molar-refractivity contribution in [2.24, 2.45) is 0 Å². The Labute approximate surface area is 121 Å². The lowest BCUT2D eigenvalue weighted by Crippen LogP contribution is -2.45. The van der Waals surface area contributed by atoms with Crippen LogP contribution in [0.4, 0.5) is 0 Å². The highest BCUT2D eigenvalue weighted by Gasteiger charge is 2.27. The number of benzene rings is 1. The van der Waals surface area contributed by atoms with Crippen molar-refractivity contribution in [2.45, 2.75) is 13.0 Å². The van der Waals surface area contributed by atoms with Gasteiger partial charge in [0, 0.05) is 16.2 Å². The molecule has 1 aromatic carbocycles. The van der Waals surface area contributed by atoms with Crippen LogP contribution in [0.3, 0.4) is 0 Å². The Kier molecular flexibility index (Phi) is 5.97. The third-order valence-corrected chi connectivity index (χ3v) is 3.39. The van der Waals surface area contributed by atoms with E-state index in [0.717, 1.165) is 0 Å². The molecule has 1 N–H and O–H groups in total. The summed E-state index contributed by atoms with van der Waals surface area (Å²) >= 11 is 0. The number of ether oxygens (including phenoxy) is 1. The van der Waals surface area contributed by atoms with Crippen LogP contribution in [0.15, 0.2) is 30.3 Å². The number of rotatable bonds is 6. The normalized spacial score (nSPS) is 12.5. The highest BCUT2D eigenvalue weighted by molar-refractivity contribution is 8.13. The van der Waals surface area contributed by atoms with Gasteiger partial charge in [0.15, 0.2) is 0 Å². The van der Waals surface area contributed by atoms with Gasteiger partial charge in [-0.15, -0.1) is 0 Å². The first-order valence-corrected chi connectivity index (χ1v) is 8.26. The molecule has 0 saturated heterocycles. The third-order valence-electron chi connectivity index (χ3n) is 2.28. The summed E-state index contributed by atoms with van der Waals surface area (Å²) in [6.45, 7) is 1.64. The van der Waals surface area contributed by atoms with Crippen LogP contribution >= 0.6 is 10.7 Å². The Morgan fingerprint density at radius 2 is 1.90 bits per heavy atom. The van der Waals surface area contributed by atoms with Crippen LogP contribution in [0.1, 0.15) is 17.3 Å². The van der Waals surface area contributed by atoms with Crippen molar-refractivity contribution in [2.75, 3.05) is 12.4 Å². The second kappa shape index (κ2) is 7.25. The molecule has 6 nitrogen and oxygen atoms in total. The van der Waals surface area contributed by atoms with Crippen LogP contribution in [-0.2, 0) is 18.6 Å². The summed E-state index contributed by atoms with van der Waals surface area (Å²) in [5, 5.41) is 2.30. The van der Waals surface area contributed by atoms with Crippen molar-refractivity contribution in [3.8, 4) is 0 Å². The molecule has 0 aromatic heterocycles. The number of hydrogen-bond donors (Lipinski definition) is 1. The lowest BCUT2D eigenvalue weighted by molar-refractivity contribution is -0.144. The van der Waals surface area contributed by atoms with Crippen molar-refractivity contribution in [3.63, 3.8) is 0 Å². The number of carbonyl (C=O) groups is 2. The van der Waals surface area contributed by atoms with Crippen LogP contribution in [0.2, 0.25) is 0 Å². The minimum absolute atomic E-state index is 0.0683. The molecule has 0 fully saturated rings. The lowest BCUT2D eigenvalue weighted by atomic mass is 10.2. The SMILES string of the molecule is CCOC(=O)C(CS(=O)(=O)Cl)NC(=O)c1ccccc1. The van der Waals surface area contributed by atoms with Gasteiger partial charge in [0.25, 0.3) is 5.91 Å². The van der Waals surface area contributed by atoms with Gasteiger partial charge in [-0.25, -0.2) is 13.2 Å². The average Bonchev–Trinajstić information content (AvgIpc) is 2.37. The van der Waals surface area contributed by atoms with E-state index >= 15 is 0 Å². The molecule has 20 heavy (non-hydrogen) atoms. The van der Waals surface area contributed by atoms with Crippen LogP contribution in [0, 0.1) is 0 Å². The lowest BCUT2D eigenvalue weighted by Gasteiger charge is -2.15. The van der Waals surface area contributed by atoms with E-state index in [-0.39, 0.29) is 6.61 Å². The fraction of sp³-hybridized carbons (Fsp3) is 0.333. The van der Waals surface area contributed by atoms with E-state index in [4.69, 9.17) is 15.4 Å². The fourth-order valence-corrected chi connectivity index (χ4v) is 2.44. The summed E-state index contributed by atoms with van der Waals surface area (Å²) in [4.78, 5) is 23.5. The van der Waals surface area contributed by atoms with Crippen LogP contribution in [-0.4, -0.2) is 38.7 Å². The van der Waals surface area contributed by atoms with Gasteiger partial charge in [-0.3, -0.25) is 4.79 Å². The standard InChI is InChI=1S/C12H14ClNO5S/c1-2-19-12(16)10(8-20(13,17)18)14-11(15)9-6-4-3-5-7-9/h3-7,10H,2,8H2,1H3,(H,14,15). The molecule has 0 spiro atoms. The molecular weight excluding hydrogens is 306 g/mol. The molecule has 1 amide bonds. The third kappa shape index (κ3) is 5.58. The minimum Gasteiger partial charge on any atom is -0.464 e. The first kappa shape index (κ1) is 16.5. The van der Waals surface area contributed by atoms with Crippen molar-refractivity contribution < 1.29 is 22.7 Å². The van der Waals surface area contributed by atoms with Crippen LogP contribution in [0.25, 0.3) is 0 Å². The monoisotopic (exact) mass is 319 g/mol. The zero-order valence-electron chi connectivity index (χ0n) is 10.7. The molecule has 1 atom stereocenters. The van der Waals surface area contributed by atoms with Crippen molar-refractivity contribution in [3.05, 3.63) is 35.9 Å². The number of halogens is 1. The zero-order chi connectivity index (χ0) is 15.2. The molecular formula is C12H14ClNO5S. The molecule has 0 aliphatic rings. The van der Waals surface area contributed by atoms with Gasteiger partial charge in [0.1, 0.15) is 6.04 Å². The molecule has 110 valence electrons. The second-order valence-electron chi connectivity index (χ2n) is 3.85. The summed E-state index contributed by atoms with van der Waals surface area (Å²) in [5.74, 6) is -2.16. The van der Waals surface area contributed by atoms with E-state index in [1.54, 1.807) is 25.1 Å². The van der Waals surface area contributed by atoms with Gasteiger partial charge in [0.05, 0.1) is 12.4 Å². The fourth-order valence-electron chi connectivity index (χ4n) is 1.44. The van der Waals surface area contributed by atoms with Crippen molar-refractivity contribution in [1.82, 2.24) is 5.32 Å². The smallest absolute Gasteiger partial charge is 0.329 e. The van der Waals surface area contributed by atoms with Gasteiger partial charge in [-0.2, -0.15) is 0 Å². The Bertz CT molecular complexity index is 573. The summed E-state index contributed by atoms with van der Waals surface area (Å²) in [7, 11) is 1.16. The van der Waals surface area contributed by atoms with Gasteiger partial charge in [0.2, 0.25) is 9.05 Å². The minimum atomic E-state index is -3.96. The van der Waals surface area contributed by atoms with E-state index in [0.29, 0.717) is 5.56 Å². The molecule has 0 aliphatic heterocycles. The highest BCUT2D eigenvalue weighted by atomic mass is 35.7. The molecule has 1 unspecified atom stereocenters. The molecule has 0 bridgehead atoms. The molecule has 0 heterocycles. The quantitative estimate of drug-likeness (QED) is 0.622. The molecule has 1 rings (SSSR count). The van der Waals surface area contributed by atoms with E-state index in [9.17, 15) is 18.0 Å². The number of esters is 1. The highest BCUT2D eigenvalue weighted by Crippen LogP contribution is 2.05. The number of nitrogens with one attached hydrogen (secondary N) is 1. The van der Waals surface area contributed by atoms with Gasteiger partial charge in [-0.1, -0.05) is 18.2 Å². The Hall–Kier alpha value is -1.60. The molecule has 0 radical (unpaired) electrons. The van der Waals surface area contributed by atoms with Crippen molar-refractivity contribution >= 4 is 31.6 Å². The van der Waals surface area contributed by atoms with Crippen molar-refractivity contribution in [1.29, 1.82) is 0 Å². The summed E-state index contributed by atoms with van der Waals surface area (Å²) in [6.07, 6.45) is 0. The first-order valence-electron chi connectivity index (χ1n) is 5.78. The topological polar surface area (TPSA) is 89.5 Å². The van der Waals surface area contributed by atoms with Crippen LogP contribution in [0.5, 0.6) is 0 Å². The van der Waals surface area contributed by atoms with Gasteiger partial charge < -0.3 is 10.1 Å². The maximum Gasteiger partial charge on any atom is 0.329 e. The Balaban J connectivity index is 2.84. The van der Waals surface area contributed by atoms with Gasteiger partial charge in [-0.05, 0) is 19.1 Å². The van der Waals surface area contributed by atoms with Crippen LogP contribution < -0.4 is 5.32 Å². The van der Waals surface area contributed by atoms with E-state index < -0.39 is 32.7 Å². The first-order chi connectivity index (χ1) is 9.33. The Morgan fingerprint density at radius 3 is 2.40 bits per heavy atom. The summed E-state index contributed by atoms with van der Waals surface area (Å²) < 4.78 is 26.9. The predicted molar refractivity (Wildman–Crippen MR) is 74.0 cm³/mol. The second-order valence-corrected chi connectivity index (χ2v) is 6.67. The molecule has 8 heteroatoms. The van der Waals surface area contributed by atoms with E-state index in [1.165, 1.54) is 12.1 Å². The Morgan fingerprint density at radius 1 is 1.30 bits per heavy atom. The van der Waals surface area contributed by atoms with E-state index in [1.807, 2.05) is 0 Å². The predicted octanol–water partition coefficient (Wildman–Crippen LogP) is 0.917. The number of amides is 1. The largest absolute Gasteiger partial charge is 0.464 e. The summed E-state index contributed by atoms with van der Waals surface area (Å²) in [6, 6.07) is 6.74. The van der Waals surface area contributed by atoms with Gasteiger partial charge >= 0.3 is 5.97 Å². The van der Waals surface area contributed by atoms with E-state index in [2.05, 4.69) is 5.32 Å².